The summed E-state index contributed by atoms with van der Waals surface area (Å²) in [5, 5.41) is 0. The molecule has 4 heteroatoms. The van der Waals surface area contributed by atoms with Gasteiger partial charge in [0.15, 0.2) is 4.77 Å². The van der Waals surface area contributed by atoms with Gasteiger partial charge in [0.05, 0.1) is 17.1 Å². The molecular formula is C15H20N2OS. The second-order valence-electron chi connectivity index (χ2n) is 5.33. The molecule has 3 rings (SSSR count). The quantitative estimate of drug-likeness (QED) is 0.860. The van der Waals surface area contributed by atoms with Crippen molar-refractivity contribution in [3.05, 3.63) is 28.5 Å². The van der Waals surface area contributed by atoms with E-state index < -0.39 is 0 Å². The number of hydrogen-bond donors (Lipinski definition) is 1. The maximum Gasteiger partial charge on any atom is 0.178 e. The van der Waals surface area contributed by atoms with Gasteiger partial charge in [-0.05, 0) is 56.5 Å². The van der Waals surface area contributed by atoms with Crippen LogP contribution in [0, 0.1) is 11.7 Å². The molecule has 1 aliphatic rings. The Hall–Kier alpha value is -1.13. The van der Waals surface area contributed by atoms with E-state index in [9.17, 15) is 0 Å². The van der Waals surface area contributed by atoms with Crippen LogP contribution in [-0.4, -0.2) is 22.3 Å². The Balaban J connectivity index is 1.84. The fourth-order valence-electron chi connectivity index (χ4n) is 2.92. The number of nitrogens with one attached hydrogen (secondary N) is 1. The SMILES string of the molecule is Cc1cccc2[nH]c(=S)n(CCC3CCCCO3)c12. The fourth-order valence-corrected chi connectivity index (χ4v) is 3.22. The van der Waals surface area contributed by atoms with Gasteiger partial charge in [0.25, 0.3) is 0 Å². The van der Waals surface area contributed by atoms with Gasteiger partial charge in [-0.3, -0.25) is 0 Å². The van der Waals surface area contributed by atoms with Crippen LogP contribution in [-0.2, 0) is 11.3 Å². The van der Waals surface area contributed by atoms with E-state index in [1.807, 2.05) is 0 Å². The summed E-state index contributed by atoms with van der Waals surface area (Å²) in [6, 6.07) is 6.29. The van der Waals surface area contributed by atoms with Gasteiger partial charge in [0, 0.05) is 13.2 Å². The van der Waals surface area contributed by atoms with E-state index in [4.69, 9.17) is 17.0 Å². The summed E-state index contributed by atoms with van der Waals surface area (Å²) in [6.45, 7) is 4.00. The number of ether oxygens (including phenoxy) is 1. The number of aromatic amines is 1. The van der Waals surface area contributed by atoms with E-state index >= 15 is 0 Å². The topological polar surface area (TPSA) is 29.9 Å². The number of para-hydroxylation sites is 1. The number of benzene rings is 1. The van der Waals surface area contributed by atoms with Crippen molar-refractivity contribution in [1.82, 2.24) is 9.55 Å². The molecule has 1 aromatic heterocycles. The van der Waals surface area contributed by atoms with Gasteiger partial charge in [0.1, 0.15) is 0 Å². The minimum atomic E-state index is 0.407. The van der Waals surface area contributed by atoms with Gasteiger partial charge >= 0.3 is 0 Å². The number of aryl methyl sites for hydroxylation is 2. The average molecular weight is 276 g/mol. The van der Waals surface area contributed by atoms with Crippen LogP contribution in [0.25, 0.3) is 11.0 Å². The van der Waals surface area contributed by atoms with Gasteiger partial charge in [0.2, 0.25) is 0 Å². The number of hydrogen-bond acceptors (Lipinski definition) is 2. The van der Waals surface area contributed by atoms with Crippen LogP contribution in [0.3, 0.4) is 0 Å². The first-order valence-electron chi connectivity index (χ1n) is 7.05. The molecule has 1 N–H and O–H groups in total. The lowest BCUT2D eigenvalue weighted by atomic mass is 10.1. The zero-order valence-corrected chi connectivity index (χ0v) is 12.1. The van der Waals surface area contributed by atoms with Gasteiger partial charge in [-0.1, -0.05) is 12.1 Å². The number of fused-ring (bicyclic) bond motifs is 1. The molecule has 1 aromatic carbocycles. The van der Waals surface area contributed by atoms with Crippen molar-refractivity contribution >= 4 is 23.3 Å². The van der Waals surface area contributed by atoms with Crippen molar-refractivity contribution in [1.29, 1.82) is 0 Å². The first-order valence-corrected chi connectivity index (χ1v) is 7.46. The Morgan fingerprint density at radius 3 is 3.11 bits per heavy atom. The van der Waals surface area contributed by atoms with Gasteiger partial charge in [-0.15, -0.1) is 0 Å². The number of aromatic nitrogens is 2. The van der Waals surface area contributed by atoms with Crippen molar-refractivity contribution in [3.8, 4) is 0 Å². The molecule has 1 unspecified atom stereocenters. The second-order valence-corrected chi connectivity index (χ2v) is 5.72. The molecule has 0 saturated carbocycles. The van der Waals surface area contributed by atoms with Crippen molar-refractivity contribution in [2.75, 3.05) is 6.61 Å². The number of rotatable bonds is 3. The third kappa shape index (κ3) is 2.60. The molecule has 1 fully saturated rings. The van der Waals surface area contributed by atoms with Crippen LogP contribution in [0.1, 0.15) is 31.2 Å². The molecule has 1 saturated heterocycles. The zero-order chi connectivity index (χ0) is 13.2. The second kappa shape index (κ2) is 5.47. The molecule has 3 nitrogen and oxygen atoms in total. The van der Waals surface area contributed by atoms with E-state index in [0.29, 0.717) is 6.10 Å². The Kier molecular flexibility index (Phi) is 3.71. The highest BCUT2D eigenvalue weighted by atomic mass is 32.1. The Morgan fingerprint density at radius 2 is 2.32 bits per heavy atom. The van der Waals surface area contributed by atoms with Crippen LogP contribution in [0.4, 0.5) is 0 Å². The van der Waals surface area contributed by atoms with Crippen molar-refractivity contribution in [2.24, 2.45) is 0 Å². The Morgan fingerprint density at radius 1 is 1.42 bits per heavy atom. The van der Waals surface area contributed by atoms with Crippen LogP contribution in [0.2, 0.25) is 0 Å². The summed E-state index contributed by atoms with van der Waals surface area (Å²) in [6.07, 6.45) is 5.15. The summed E-state index contributed by atoms with van der Waals surface area (Å²) in [4.78, 5) is 3.29. The van der Waals surface area contributed by atoms with E-state index in [0.717, 1.165) is 29.9 Å². The molecule has 2 aromatic rings. The van der Waals surface area contributed by atoms with Crippen LogP contribution in [0.15, 0.2) is 18.2 Å². The summed E-state index contributed by atoms with van der Waals surface area (Å²) in [5.41, 5.74) is 3.65. The minimum Gasteiger partial charge on any atom is -0.378 e. The molecule has 1 aliphatic heterocycles. The van der Waals surface area contributed by atoms with Crippen molar-refractivity contribution in [2.45, 2.75) is 45.3 Å². The summed E-state index contributed by atoms with van der Waals surface area (Å²) in [5.74, 6) is 0. The third-order valence-corrected chi connectivity index (χ3v) is 4.27. The monoisotopic (exact) mass is 276 g/mol. The molecule has 2 heterocycles. The highest BCUT2D eigenvalue weighted by molar-refractivity contribution is 7.71. The van der Waals surface area contributed by atoms with Gasteiger partial charge < -0.3 is 14.3 Å². The van der Waals surface area contributed by atoms with Crippen LogP contribution in [0.5, 0.6) is 0 Å². The Bertz CT molecular complexity index is 623. The molecular weight excluding hydrogens is 256 g/mol. The standard InChI is InChI=1S/C15H20N2OS/c1-11-5-4-7-13-14(11)17(15(19)16-13)9-8-12-6-2-3-10-18-12/h4-5,7,12H,2-3,6,8-10H2,1H3,(H,16,19). The lowest BCUT2D eigenvalue weighted by molar-refractivity contribution is 0.00892. The molecule has 19 heavy (non-hydrogen) atoms. The highest BCUT2D eigenvalue weighted by Crippen LogP contribution is 2.21. The molecule has 0 radical (unpaired) electrons. The van der Waals surface area contributed by atoms with E-state index in [-0.39, 0.29) is 0 Å². The van der Waals surface area contributed by atoms with E-state index in [2.05, 4.69) is 34.7 Å². The normalized spacial score (nSPS) is 19.9. The van der Waals surface area contributed by atoms with E-state index in [1.54, 1.807) is 0 Å². The number of imidazole rings is 1. The lowest BCUT2D eigenvalue weighted by Gasteiger charge is -2.22. The minimum absolute atomic E-state index is 0.407. The first-order chi connectivity index (χ1) is 9.25. The molecule has 0 amide bonds. The van der Waals surface area contributed by atoms with Crippen LogP contribution < -0.4 is 0 Å². The predicted octanol–water partition coefficient (Wildman–Crippen LogP) is 3.97. The molecule has 0 spiro atoms. The number of nitrogens with zero attached hydrogens (tertiary/aromatic N) is 1. The van der Waals surface area contributed by atoms with Gasteiger partial charge in [-0.2, -0.15) is 0 Å². The Labute approximate surface area is 118 Å². The van der Waals surface area contributed by atoms with E-state index in [1.165, 1.54) is 30.3 Å². The first kappa shape index (κ1) is 12.9. The van der Waals surface area contributed by atoms with Crippen molar-refractivity contribution < 1.29 is 4.74 Å². The summed E-state index contributed by atoms with van der Waals surface area (Å²) in [7, 11) is 0. The lowest BCUT2D eigenvalue weighted by Crippen LogP contribution is -2.20. The van der Waals surface area contributed by atoms with Gasteiger partial charge in [-0.25, -0.2) is 0 Å². The van der Waals surface area contributed by atoms with Crippen LogP contribution >= 0.6 is 12.2 Å². The molecule has 102 valence electrons. The predicted molar refractivity (Wildman–Crippen MR) is 80.1 cm³/mol. The zero-order valence-electron chi connectivity index (χ0n) is 11.3. The number of H-pyrrole nitrogens is 1. The maximum absolute atomic E-state index is 5.80. The largest absolute Gasteiger partial charge is 0.378 e. The maximum atomic E-state index is 5.80. The summed E-state index contributed by atoms with van der Waals surface area (Å²) < 4.78 is 8.84. The highest BCUT2D eigenvalue weighted by Gasteiger charge is 2.15. The molecule has 1 atom stereocenters. The molecule has 0 bridgehead atoms. The fraction of sp³-hybridized carbons (Fsp3) is 0.533. The average Bonchev–Trinajstić information content (AvgIpc) is 2.75. The smallest absolute Gasteiger partial charge is 0.178 e. The van der Waals surface area contributed by atoms with Crippen molar-refractivity contribution in [3.63, 3.8) is 0 Å². The third-order valence-electron chi connectivity index (χ3n) is 3.94. The molecule has 0 aliphatic carbocycles. The summed E-state index contributed by atoms with van der Waals surface area (Å²) >= 11 is 5.45.